The standard InChI is InChI=1S/C18H24ClNO3S/c1-3-23-17(22)18(12-14-6-4-5-7-15(14)19)8-10-20(11-9-18)16(21)13-24-2/h4-7H,3,8-13H2,1-2H3. The van der Waals surface area contributed by atoms with E-state index in [1.165, 1.54) is 11.8 Å². The Morgan fingerprint density at radius 3 is 2.54 bits per heavy atom. The van der Waals surface area contributed by atoms with Gasteiger partial charge in [-0.3, -0.25) is 9.59 Å². The fourth-order valence-electron chi connectivity index (χ4n) is 3.14. The summed E-state index contributed by atoms with van der Waals surface area (Å²) >= 11 is 7.81. The minimum atomic E-state index is -0.600. The van der Waals surface area contributed by atoms with Gasteiger partial charge in [-0.2, -0.15) is 11.8 Å². The fraction of sp³-hybridized carbons (Fsp3) is 0.556. The van der Waals surface area contributed by atoms with Crippen LogP contribution in [0.4, 0.5) is 0 Å². The lowest BCUT2D eigenvalue weighted by Crippen LogP contribution is -2.48. The molecule has 0 N–H and O–H groups in total. The number of esters is 1. The number of piperidine rings is 1. The van der Waals surface area contributed by atoms with E-state index in [4.69, 9.17) is 16.3 Å². The van der Waals surface area contributed by atoms with Crippen molar-refractivity contribution < 1.29 is 14.3 Å². The van der Waals surface area contributed by atoms with Crippen LogP contribution >= 0.6 is 23.4 Å². The predicted molar refractivity (Wildman–Crippen MR) is 98.4 cm³/mol. The largest absolute Gasteiger partial charge is 0.466 e. The molecule has 1 amide bonds. The van der Waals surface area contributed by atoms with Gasteiger partial charge in [0, 0.05) is 18.1 Å². The van der Waals surface area contributed by atoms with Crippen LogP contribution in [0.1, 0.15) is 25.3 Å². The van der Waals surface area contributed by atoms with Gasteiger partial charge in [-0.05, 0) is 44.1 Å². The van der Waals surface area contributed by atoms with Crippen molar-refractivity contribution in [3.05, 3.63) is 34.9 Å². The van der Waals surface area contributed by atoms with Crippen LogP contribution in [0.15, 0.2) is 24.3 Å². The molecule has 0 aliphatic carbocycles. The quantitative estimate of drug-likeness (QED) is 0.721. The molecule has 1 aliphatic heterocycles. The fourth-order valence-corrected chi connectivity index (χ4v) is 3.77. The molecule has 1 fully saturated rings. The minimum absolute atomic E-state index is 0.137. The molecule has 6 heteroatoms. The van der Waals surface area contributed by atoms with Crippen molar-refractivity contribution in [3.8, 4) is 0 Å². The number of carbonyl (C=O) groups excluding carboxylic acids is 2. The molecule has 1 aromatic rings. The highest BCUT2D eigenvalue weighted by molar-refractivity contribution is 7.99. The third-order valence-electron chi connectivity index (χ3n) is 4.54. The van der Waals surface area contributed by atoms with Crippen LogP contribution in [-0.4, -0.2) is 48.5 Å². The van der Waals surface area contributed by atoms with E-state index in [-0.39, 0.29) is 11.9 Å². The number of hydrogen-bond acceptors (Lipinski definition) is 4. The summed E-state index contributed by atoms with van der Waals surface area (Å²) in [6.45, 7) is 3.35. The Bertz CT molecular complexity index is 585. The van der Waals surface area contributed by atoms with E-state index in [2.05, 4.69) is 0 Å². The van der Waals surface area contributed by atoms with E-state index in [9.17, 15) is 9.59 Å². The van der Waals surface area contributed by atoms with Gasteiger partial charge >= 0.3 is 5.97 Å². The van der Waals surface area contributed by atoms with Gasteiger partial charge in [0.25, 0.3) is 0 Å². The zero-order valence-corrected chi connectivity index (χ0v) is 15.8. The molecule has 1 saturated heterocycles. The number of rotatable bonds is 6. The molecule has 4 nitrogen and oxygen atoms in total. The topological polar surface area (TPSA) is 46.6 Å². The summed E-state index contributed by atoms with van der Waals surface area (Å²) in [7, 11) is 0. The molecule has 0 spiro atoms. The zero-order chi connectivity index (χ0) is 17.6. The summed E-state index contributed by atoms with van der Waals surface area (Å²) in [5.74, 6) is 0.441. The van der Waals surface area contributed by atoms with E-state index in [1.54, 1.807) is 0 Å². The second-order valence-corrected chi connectivity index (χ2v) is 7.36. The van der Waals surface area contributed by atoms with Crippen LogP contribution in [0.3, 0.4) is 0 Å². The molecule has 0 unspecified atom stereocenters. The molecule has 132 valence electrons. The summed E-state index contributed by atoms with van der Waals surface area (Å²) in [6, 6.07) is 7.60. The maximum Gasteiger partial charge on any atom is 0.312 e. The summed E-state index contributed by atoms with van der Waals surface area (Å²) < 4.78 is 5.35. The van der Waals surface area contributed by atoms with Crippen LogP contribution in [0, 0.1) is 5.41 Å². The SMILES string of the molecule is CCOC(=O)C1(Cc2ccccc2Cl)CCN(C(=O)CSC)CC1. The maximum atomic E-state index is 12.7. The highest BCUT2D eigenvalue weighted by Gasteiger charge is 2.43. The van der Waals surface area contributed by atoms with Gasteiger partial charge in [-0.15, -0.1) is 0 Å². The van der Waals surface area contributed by atoms with Gasteiger partial charge in [-0.1, -0.05) is 29.8 Å². The molecular formula is C18H24ClNO3S. The van der Waals surface area contributed by atoms with Crippen molar-refractivity contribution >= 4 is 35.2 Å². The molecule has 0 radical (unpaired) electrons. The minimum Gasteiger partial charge on any atom is -0.466 e. The van der Waals surface area contributed by atoms with Gasteiger partial charge in [0.2, 0.25) is 5.91 Å². The first-order valence-electron chi connectivity index (χ1n) is 8.20. The summed E-state index contributed by atoms with van der Waals surface area (Å²) in [4.78, 5) is 26.6. The Morgan fingerprint density at radius 1 is 1.29 bits per heavy atom. The molecule has 1 aromatic carbocycles. The van der Waals surface area contributed by atoms with E-state index in [0.717, 1.165) is 5.56 Å². The Hall–Kier alpha value is -1.20. The van der Waals surface area contributed by atoms with E-state index >= 15 is 0 Å². The van der Waals surface area contributed by atoms with Crippen LogP contribution in [0.5, 0.6) is 0 Å². The lowest BCUT2D eigenvalue weighted by molar-refractivity contribution is -0.160. The number of ether oxygens (including phenoxy) is 1. The first kappa shape index (κ1) is 19.1. The van der Waals surface area contributed by atoms with Crippen LogP contribution < -0.4 is 0 Å². The predicted octanol–water partition coefficient (Wildman–Crippen LogP) is 3.42. The Kier molecular flexibility index (Phi) is 6.99. The Morgan fingerprint density at radius 2 is 1.96 bits per heavy atom. The maximum absolute atomic E-state index is 12.7. The number of likely N-dealkylation sites (tertiary alicyclic amines) is 1. The van der Waals surface area contributed by atoms with Crippen LogP contribution in [0.2, 0.25) is 5.02 Å². The van der Waals surface area contributed by atoms with Crippen molar-refractivity contribution in [3.63, 3.8) is 0 Å². The van der Waals surface area contributed by atoms with Crippen molar-refractivity contribution in [2.24, 2.45) is 5.41 Å². The Labute approximate surface area is 152 Å². The van der Waals surface area contributed by atoms with Gasteiger partial charge in [0.1, 0.15) is 0 Å². The number of amides is 1. The number of carbonyl (C=O) groups is 2. The molecule has 1 heterocycles. The normalized spacial score (nSPS) is 16.7. The Balaban J connectivity index is 2.16. The van der Waals surface area contributed by atoms with Gasteiger partial charge < -0.3 is 9.64 Å². The first-order chi connectivity index (χ1) is 11.5. The average Bonchev–Trinajstić information content (AvgIpc) is 2.58. The molecule has 0 aromatic heterocycles. The second-order valence-electron chi connectivity index (χ2n) is 6.08. The van der Waals surface area contributed by atoms with E-state index in [0.29, 0.717) is 49.7 Å². The summed E-state index contributed by atoms with van der Waals surface area (Å²) in [6.07, 6.45) is 3.69. The van der Waals surface area contributed by atoms with Crippen LogP contribution in [0.25, 0.3) is 0 Å². The molecule has 2 rings (SSSR count). The molecule has 1 aliphatic rings. The summed E-state index contributed by atoms with van der Waals surface area (Å²) in [5, 5.41) is 0.669. The van der Waals surface area contributed by atoms with Gasteiger partial charge in [0.05, 0.1) is 17.8 Å². The smallest absolute Gasteiger partial charge is 0.312 e. The van der Waals surface area contributed by atoms with Gasteiger partial charge in [-0.25, -0.2) is 0 Å². The van der Waals surface area contributed by atoms with Crippen molar-refractivity contribution in [2.45, 2.75) is 26.2 Å². The highest BCUT2D eigenvalue weighted by Crippen LogP contribution is 2.38. The van der Waals surface area contributed by atoms with Crippen molar-refractivity contribution in [1.29, 1.82) is 0 Å². The average molecular weight is 370 g/mol. The second kappa shape index (κ2) is 8.77. The molecular weight excluding hydrogens is 346 g/mol. The number of benzene rings is 1. The molecule has 0 saturated carbocycles. The summed E-state index contributed by atoms with van der Waals surface area (Å²) in [5.41, 5.74) is 0.355. The van der Waals surface area contributed by atoms with Crippen molar-refractivity contribution in [1.82, 2.24) is 4.90 Å². The number of nitrogens with zero attached hydrogens (tertiary/aromatic N) is 1. The highest BCUT2D eigenvalue weighted by atomic mass is 35.5. The molecule has 24 heavy (non-hydrogen) atoms. The van der Waals surface area contributed by atoms with E-state index < -0.39 is 5.41 Å². The number of thioether (sulfide) groups is 1. The van der Waals surface area contributed by atoms with Gasteiger partial charge in [0.15, 0.2) is 0 Å². The third-order valence-corrected chi connectivity index (χ3v) is 5.44. The molecule has 0 atom stereocenters. The zero-order valence-electron chi connectivity index (χ0n) is 14.2. The third kappa shape index (κ3) is 4.45. The van der Waals surface area contributed by atoms with Crippen LogP contribution in [-0.2, 0) is 20.7 Å². The first-order valence-corrected chi connectivity index (χ1v) is 9.97. The number of halogens is 1. The molecule has 0 bridgehead atoms. The number of hydrogen-bond donors (Lipinski definition) is 0. The van der Waals surface area contributed by atoms with E-state index in [1.807, 2.05) is 42.3 Å². The lowest BCUT2D eigenvalue weighted by Gasteiger charge is -2.40. The monoisotopic (exact) mass is 369 g/mol. The van der Waals surface area contributed by atoms with Crippen molar-refractivity contribution in [2.75, 3.05) is 31.7 Å². The lowest BCUT2D eigenvalue weighted by atomic mass is 9.73.